The molecule has 3 N–H and O–H groups in total. The summed E-state index contributed by atoms with van der Waals surface area (Å²) < 4.78 is 0. The van der Waals surface area contributed by atoms with Crippen LogP contribution in [0.4, 0.5) is 0 Å². The Bertz CT molecular complexity index is 518. The average Bonchev–Trinajstić information content (AvgIpc) is 2.68. The molecule has 2 aliphatic rings. The van der Waals surface area contributed by atoms with Crippen LogP contribution in [0, 0.1) is 17.8 Å². The number of carbonyl (C=O) groups is 1. The number of carbonyl (C=O) groups excluding carboxylic acids is 1. The van der Waals surface area contributed by atoms with E-state index in [0.29, 0.717) is 11.8 Å². The zero-order valence-corrected chi connectivity index (χ0v) is 14.4. The first-order chi connectivity index (χ1) is 11.7. The van der Waals surface area contributed by atoms with E-state index in [1.807, 2.05) is 35.2 Å². The molecule has 1 saturated carbocycles. The zero-order chi connectivity index (χ0) is 16.9. The van der Waals surface area contributed by atoms with E-state index in [1.165, 1.54) is 0 Å². The number of likely N-dealkylation sites (tertiary alicyclic amines) is 1. The highest BCUT2D eigenvalue weighted by atomic mass is 16.3. The molecule has 1 heterocycles. The molecule has 132 valence electrons. The lowest BCUT2D eigenvalue weighted by Crippen LogP contribution is -2.43. The SMILES string of the molecule is NCC1CCC(C(=O)N2CCC(C(O)c3ccccc3)CC2)CC1. The van der Waals surface area contributed by atoms with Gasteiger partial charge in [0.1, 0.15) is 0 Å². The minimum Gasteiger partial charge on any atom is -0.388 e. The van der Waals surface area contributed by atoms with E-state index in [-0.39, 0.29) is 11.8 Å². The van der Waals surface area contributed by atoms with Crippen LogP contribution in [0.25, 0.3) is 0 Å². The summed E-state index contributed by atoms with van der Waals surface area (Å²) in [5.74, 6) is 1.40. The predicted molar refractivity (Wildman–Crippen MR) is 95.2 cm³/mol. The molecule has 0 bridgehead atoms. The number of benzene rings is 1. The summed E-state index contributed by atoms with van der Waals surface area (Å²) in [6, 6.07) is 9.87. The molecule has 1 aromatic carbocycles. The summed E-state index contributed by atoms with van der Waals surface area (Å²) in [7, 11) is 0. The fourth-order valence-corrected chi connectivity index (χ4v) is 4.26. The van der Waals surface area contributed by atoms with Crippen molar-refractivity contribution in [1.82, 2.24) is 4.90 Å². The Kier molecular flexibility index (Phi) is 5.90. The molecule has 4 nitrogen and oxygen atoms in total. The summed E-state index contributed by atoms with van der Waals surface area (Å²) in [6.45, 7) is 2.32. The number of piperidine rings is 1. The second-order valence-corrected chi connectivity index (χ2v) is 7.47. The first kappa shape index (κ1) is 17.4. The lowest BCUT2D eigenvalue weighted by Gasteiger charge is -2.37. The number of hydrogen-bond donors (Lipinski definition) is 2. The molecule has 1 aliphatic heterocycles. The van der Waals surface area contributed by atoms with E-state index < -0.39 is 6.10 Å². The van der Waals surface area contributed by atoms with Gasteiger partial charge in [-0.2, -0.15) is 0 Å². The van der Waals surface area contributed by atoms with Crippen LogP contribution in [-0.4, -0.2) is 35.5 Å². The summed E-state index contributed by atoms with van der Waals surface area (Å²) in [5, 5.41) is 10.6. The van der Waals surface area contributed by atoms with Gasteiger partial charge in [-0.1, -0.05) is 30.3 Å². The van der Waals surface area contributed by atoms with Gasteiger partial charge in [0.15, 0.2) is 0 Å². The van der Waals surface area contributed by atoms with Gasteiger partial charge in [-0.25, -0.2) is 0 Å². The third kappa shape index (κ3) is 3.98. The van der Waals surface area contributed by atoms with Crippen LogP contribution in [0.3, 0.4) is 0 Å². The van der Waals surface area contributed by atoms with Crippen molar-refractivity contribution in [2.45, 2.75) is 44.6 Å². The van der Waals surface area contributed by atoms with Crippen molar-refractivity contribution in [2.24, 2.45) is 23.5 Å². The zero-order valence-electron chi connectivity index (χ0n) is 14.4. The minimum atomic E-state index is -0.413. The number of amides is 1. The standard InChI is InChI=1S/C20H30N2O2/c21-14-15-6-8-18(9-7-15)20(24)22-12-10-17(11-13-22)19(23)16-4-2-1-3-5-16/h1-5,15,17-19,23H,6-14,21H2. The van der Waals surface area contributed by atoms with E-state index in [9.17, 15) is 9.90 Å². The predicted octanol–water partition coefficient (Wildman–Crippen LogP) is 2.72. The van der Waals surface area contributed by atoms with Gasteiger partial charge in [0, 0.05) is 19.0 Å². The van der Waals surface area contributed by atoms with Crippen molar-refractivity contribution in [3.05, 3.63) is 35.9 Å². The first-order valence-corrected chi connectivity index (χ1v) is 9.41. The summed E-state index contributed by atoms with van der Waals surface area (Å²) in [4.78, 5) is 14.8. The van der Waals surface area contributed by atoms with E-state index in [2.05, 4.69) is 0 Å². The lowest BCUT2D eigenvalue weighted by molar-refractivity contribution is -0.138. The molecule has 2 fully saturated rings. The molecule has 24 heavy (non-hydrogen) atoms. The number of aliphatic hydroxyl groups is 1. The Balaban J connectivity index is 1.49. The average molecular weight is 330 g/mol. The van der Waals surface area contributed by atoms with Crippen molar-refractivity contribution >= 4 is 5.91 Å². The van der Waals surface area contributed by atoms with Gasteiger partial charge in [0.05, 0.1) is 6.10 Å². The van der Waals surface area contributed by atoms with Gasteiger partial charge in [-0.3, -0.25) is 4.79 Å². The van der Waals surface area contributed by atoms with Crippen LogP contribution in [0.5, 0.6) is 0 Å². The molecule has 1 aliphatic carbocycles. The van der Waals surface area contributed by atoms with E-state index in [1.54, 1.807) is 0 Å². The molecule has 1 saturated heterocycles. The molecule has 1 atom stereocenters. The summed E-state index contributed by atoms with van der Waals surface area (Å²) >= 11 is 0. The van der Waals surface area contributed by atoms with Gasteiger partial charge in [0.25, 0.3) is 0 Å². The van der Waals surface area contributed by atoms with Gasteiger partial charge in [-0.15, -0.1) is 0 Å². The smallest absolute Gasteiger partial charge is 0.225 e. The Hall–Kier alpha value is -1.39. The van der Waals surface area contributed by atoms with Gasteiger partial charge in [0.2, 0.25) is 5.91 Å². The second-order valence-electron chi connectivity index (χ2n) is 7.47. The molecule has 0 spiro atoms. The maximum absolute atomic E-state index is 12.7. The van der Waals surface area contributed by atoms with Crippen molar-refractivity contribution < 1.29 is 9.90 Å². The number of rotatable bonds is 4. The van der Waals surface area contributed by atoms with Gasteiger partial charge >= 0.3 is 0 Å². The fourth-order valence-electron chi connectivity index (χ4n) is 4.26. The second kappa shape index (κ2) is 8.13. The van der Waals surface area contributed by atoms with E-state index in [4.69, 9.17) is 5.73 Å². The molecule has 0 radical (unpaired) electrons. The quantitative estimate of drug-likeness (QED) is 0.892. The molecule has 0 aromatic heterocycles. The van der Waals surface area contributed by atoms with Gasteiger partial charge < -0.3 is 15.7 Å². The third-order valence-corrected chi connectivity index (χ3v) is 5.97. The maximum Gasteiger partial charge on any atom is 0.225 e. The van der Waals surface area contributed by atoms with Crippen LogP contribution in [0.2, 0.25) is 0 Å². The molecular formula is C20H30N2O2. The lowest BCUT2D eigenvalue weighted by atomic mass is 9.80. The van der Waals surface area contributed by atoms with Crippen LogP contribution >= 0.6 is 0 Å². The number of nitrogens with two attached hydrogens (primary N) is 1. The highest BCUT2D eigenvalue weighted by Gasteiger charge is 2.33. The highest BCUT2D eigenvalue weighted by molar-refractivity contribution is 5.79. The van der Waals surface area contributed by atoms with Crippen LogP contribution in [-0.2, 0) is 4.79 Å². The van der Waals surface area contributed by atoms with Crippen molar-refractivity contribution in [3.63, 3.8) is 0 Å². The van der Waals surface area contributed by atoms with E-state index in [0.717, 1.165) is 63.7 Å². The Morgan fingerprint density at radius 3 is 2.29 bits per heavy atom. The summed E-state index contributed by atoms with van der Waals surface area (Å²) in [5.41, 5.74) is 6.73. The van der Waals surface area contributed by atoms with Crippen LogP contribution in [0.1, 0.15) is 50.2 Å². The molecule has 1 aromatic rings. The molecular weight excluding hydrogens is 300 g/mol. The molecule has 1 amide bonds. The van der Waals surface area contributed by atoms with E-state index >= 15 is 0 Å². The highest BCUT2D eigenvalue weighted by Crippen LogP contribution is 2.33. The summed E-state index contributed by atoms with van der Waals surface area (Å²) in [6.07, 6.45) is 5.54. The van der Waals surface area contributed by atoms with Crippen molar-refractivity contribution in [2.75, 3.05) is 19.6 Å². The number of nitrogens with zero attached hydrogens (tertiary/aromatic N) is 1. The Labute approximate surface area is 145 Å². The minimum absolute atomic E-state index is 0.198. The fraction of sp³-hybridized carbons (Fsp3) is 0.650. The topological polar surface area (TPSA) is 66.6 Å². The van der Waals surface area contributed by atoms with Gasteiger partial charge in [-0.05, 0) is 62.5 Å². The maximum atomic E-state index is 12.7. The Morgan fingerprint density at radius 2 is 1.71 bits per heavy atom. The molecule has 3 rings (SSSR count). The van der Waals surface area contributed by atoms with Crippen LogP contribution < -0.4 is 5.73 Å². The molecule has 1 unspecified atom stereocenters. The van der Waals surface area contributed by atoms with Crippen LogP contribution in [0.15, 0.2) is 30.3 Å². The van der Waals surface area contributed by atoms with Crippen molar-refractivity contribution in [1.29, 1.82) is 0 Å². The monoisotopic (exact) mass is 330 g/mol. The molecule has 4 heteroatoms. The number of aliphatic hydroxyl groups excluding tert-OH is 1. The third-order valence-electron chi connectivity index (χ3n) is 5.97. The normalized spacial score (nSPS) is 27.0. The first-order valence-electron chi connectivity index (χ1n) is 9.41. The number of hydrogen-bond acceptors (Lipinski definition) is 3. The Morgan fingerprint density at radius 1 is 1.08 bits per heavy atom. The largest absolute Gasteiger partial charge is 0.388 e. The van der Waals surface area contributed by atoms with Crippen molar-refractivity contribution in [3.8, 4) is 0 Å².